The number of sulfonamides is 1. The van der Waals surface area contributed by atoms with Crippen molar-refractivity contribution in [3.8, 4) is 0 Å². The molecule has 0 aromatic carbocycles. The molecule has 2 rings (SSSR count). The maximum atomic E-state index is 12.1. The summed E-state index contributed by atoms with van der Waals surface area (Å²) in [7, 11) is -3.51. The van der Waals surface area contributed by atoms with Crippen molar-refractivity contribution < 1.29 is 23.1 Å². The second-order valence-corrected chi connectivity index (χ2v) is 6.55. The molecule has 1 saturated heterocycles. The van der Waals surface area contributed by atoms with Gasteiger partial charge in [0, 0.05) is 12.6 Å². The van der Waals surface area contributed by atoms with Crippen LogP contribution in [0.1, 0.15) is 25.7 Å². The monoisotopic (exact) mass is 263 g/mol. The molecule has 0 bridgehead atoms. The molecule has 2 aliphatic rings. The first-order chi connectivity index (χ1) is 7.99. The molecule has 0 aromatic heterocycles. The van der Waals surface area contributed by atoms with E-state index >= 15 is 0 Å². The summed E-state index contributed by atoms with van der Waals surface area (Å²) in [6.07, 6.45) is 2.87. The molecule has 0 aromatic rings. The summed E-state index contributed by atoms with van der Waals surface area (Å²) in [6.45, 7) is 0.169. The predicted octanol–water partition coefficient (Wildman–Crippen LogP) is 0.0442. The van der Waals surface area contributed by atoms with E-state index in [1.807, 2.05) is 0 Å². The number of hydrogen-bond donors (Lipinski definition) is 1. The molecule has 1 N–H and O–H groups in total. The highest BCUT2D eigenvalue weighted by Gasteiger charge is 2.39. The molecule has 98 valence electrons. The van der Waals surface area contributed by atoms with Crippen molar-refractivity contribution in [2.45, 2.75) is 37.8 Å². The first-order valence-electron chi connectivity index (χ1n) is 5.82. The standard InChI is InChI=1S/C10H17NO5S/c12-10(13)6-11(8-3-4-8)17(14,15)7-9-2-1-5-16-9/h8-9H,1-7H2,(H,12,13). The third-order valence-electron chi connectivity index (χ3n) is 3.02. The summed E-state index contributed by atoms with van der Waals surface area (Å²) in [5.41, 5.74) is 0. The number of carboxylic acid groups (broad SMARTS) is 1. The van der Waals surface area contributed by atoms with Crippen molar-refractivity contribution in [3.05, 3.63) is 0 Å². The molecule has 1 unspecified atom stereocenters. The molecule has 0 amide bonds. The summed E-state index contributed by atoms with van der Waals surface area (Å²) in [6, 6.07) is -0.113. The van der Waals surface area contributed by atoms with Crippen molar-refractivity contribution in [1.29, 1.82) is 0 Å². The van der Waals surface area contributed by atoms with Gasteiger partial charge in [0.25, 0.3) is 0 Å². The molecule has 2 fully saturated rings. The van der Waals surface area contributed by atoms with Crippen LogP contribution in [0.25, 0.3) is 0 Å². The smallest absolute Gasteiger partial charge is 0.318 e. The quantitative estimate of drug-likeness (QED) is 0.731. The zero-order chi connectivity index (χ0) is 12.5. The number of carboxylic acids is 1. The average Bonchev–Trinajstić information content (AvgIpc) is 2.94. The maximum Gasteiger partial charge on any atom is 0.318 e. The Labute approximate surface area is 101 Å². The van der Waals surface area contributed by atoms with Crippen LogP contribution >= 0.6 is 0 Å². The lowest BCUT2D eigenvalue weighted by atomic mass is 10.3. The zero-order valence-electron chi connectivity index (χ0n) is 9.54. The molecule has 1 aliphatic heterocycles. The highest BCUT2D eigenvalue weighted by molar-refractivity contribution is 7.89. The third kappa shape index (κ3) is 3.40. The van der Waals surface area contributed by atoms with E-state index < -0.39 is 22.5 Å². The first kappa shape index (κ1) is 12.8. The lowest BCUT2D eigenvalue weighted by molar-refractivity contribution is -0.137. The van der Waals surface area contributed by atoms with Crippen LogP contribution in [-0.2, 0) is 19.6 Å². The highest BCUT2D eigenvalue weighted by atomic mass is 32.2. The molecular weight excluding hydrogens is 246 g/mol. The first-order valence-corrected chi connectivity index (χ1v) is 7.43. The highest BCUT2D eigenvalue weighted by Crippen LogP contribution is 2.30. The van der Waals surface area contributed by atoms with Gasteiger partial charge in [0.05, 0.1) is 11.9 Å². The summed E-state index contributed by atoms with van der Waals surface area (Å²) in [5, 5.41) is 8.75. The van der Waals surface area contributed by atoms with Gasteiger partial charge in [-0.1, -0.05) is 0 Å². The van der Waals surface area contributed by atoms with Gasteiger partial charge in [0.15, 0.2) is 0 Å². The lowest BCUT2D eigenvalue weighted by Gasteiger charge is -2.21. The number of ether oxygens (including phenoxy) is 1. The van der Waals surface area contributed by atoms with Crippen LogP contribution in [0, 0.1) is 0 Å². The molecular formula is C10H17NO5S. The maximum absolute atomic E-state index is 12.1. The van der Waals surface area contributed by atoms with Gasteiger partial charge < -0.3 is 9.84 Å². The fourth-order valence-corrected chi connectivity index (χ4v) is 3.95. The third-order valence-corrected chi connectivity index (χ3v) is 4.96. The normalized spacial score (nSPS) is 25.4. The Morgan fingerprint density at radius 1 is 1.35 bits per heavy atom. The van der Waals surface area contributed by atoms with E-state index in [2.05, 4.69) is 0 Å². The van der Waals surface area contributed by atoms with Gasteiger partial charge in [-0.3, -0.25) is 4.79 Å². The van der Waals surface area contributed by atoms with Crippen LogP contribution in [-0.4, -0.2) is 54.8 Å². The minimum Gasteiger partial charge on any atom is -0.480 e. The van der Waals surface area contributed by atoms with Gasteiger partial charge in [-0.05, 0) is 25.7 Å². The number of aliphatic carboxylic acids is 1. The molecule has 17 heavy (non-hydrogen) atoms. The number of hydrogen-bond acceptors (Lipinski definition) is 4. The van der Waals surface area contributed by atoms with Crippen molar-refractivity contribution in [2.24, 2.45) is 0 Å². The van der Waals surface area contributed by atoms with Gasteiger partial charge in [0.2, 0.25) is 10.0 Å². The molecule has 1 saturated carbocycles. The van der Waals surface area contributed by atoms with E-state index in [4.69, 9.17) is 9.84 Å². The van der Waals surface area contributed by atoms with Crippen LogP contribution in [0.4, 0.5) is 0 Å². The Balaban J connectivity index is 2.02. The van der Waals surface area contributed by atoms with Crippen LogP contribution in [0.2, 0.25) is 0 Å². The second-order valence-electron chi connectivity index (χ2n) is 4.58. The van der Waals surface area contributed by atoms with Crippen LogP contribution in [0.5, 0.6) is 0 Å². The summed E-state index contributed by atoms with van der Waals surface area (Å²) in [5.74, 6) is -1.19. The van der Waals surface area contributed by atoms with Crippen molar-refractivity contribution >= 4 is 16.0 Å². The lowest BCUT2D eigenvalue weighted by Crippen LogP contribution is -2.41. The molecule has 1 heterocycles. The largest absolute Gasteiger partial charge is 0.480 e. The Bertz CT molecular complexity index is 384. The van der Waals surface area contributed by atoms with Crippen LogP contribution in [0.15, 0.2) is 0 Å². The molecule has 6 nitrogen and oxygen atoms in total. The van der Waals surface area contributed by atoms with Gasteiger partial charge in [0.1, 0.15) is 6.54 Å². The molecule has 0 spiro atoms. The van der Waals surface area contributed by atoms with E-state index in [-0.39, 0.29) is 17.9 Å². The van der Waals surface area contributed by atoms with Crippen molar-refractivity contribution in [3.63, 3.8) is 0 Å². The minimum absolute atomic E-state index is 0.0865. The SMILES string of the molecule is O=C(O)CN(C1CC1)S(=O)(=O)CC1CCCO1. The predicted molar refractivity (Wildman–Crippen MR) is 60.1 cm³/mol. The summed E-state index contributed by atoms with van der Waals surface area (Å²) >= 11 is 0. The minimum atomic E-state index is -3.51. The Hall–Kier alpha value is -0.660. The average molecular weight is 263 g/mol. The van der Waals surface area contributed by atoms with Gasteiger partial charge in [-0.15, -0.1) is 0 Å². The van der Waals surface area contributed by atoms with Gasteiger partial charge in [-0.25, -0.2) is 8.42 Å². The zero-order valence-corrected chi connectivity index (χ0v) is 10.4. The Morgan fingerprint density at radius 3 is 2.53 bits per heavy atom. The molecule has 0 radical (unpaired) electrons. The van der Waals surface area contributed by atoms with Crippen molar-refractivity contribution in [1.82, 2.24) is 4.31 Å². The van der Waals surface area contributed by atoms with Crippen molar-refractivity contribution in [2.75, 3.05) is 18.9 Å². The van der Waals surface area contributed by atoms with E-state index in [9.17, 15) is 13.2 Å². The molecule has 1 atom stereocenters. The topological polar surface area (TPSA) is 83.9 Å². The Morgan fingerprint density at radius 2 is 2.06 bits per heavy atom. The summed E-state index contributed by atoms with van der Waals surface area (Å²) < 4.78 is 30.6. The number of nitrogens with zero attached hydrogens (tertiary/aromatic N) is 1. The van der Waals surface area contributed by atoms with Crippen LogP contribution < -0.4 is 0 Å². The van der Waals surface area contributed by atoms with Gasteiger partial charge in [-0.2, -0.15) is 4.31 Å². The van der Waals surface area contributed by atoms with E-state index in [0.717, 1.165) is 30.0 Å². The molecule has 1 aliphatic carbocycles. The Kier molecular flexibility index (Phi) is 3.70. The summed E-state index contributed by atoms with van der Waals surface area (Å²) in [4.78, 5) is 10.7. The van der Waals surface area contributed by atoms with E-state index in [0.29, 0.717) is 6.61 Å². The molecule has 7 heteroatoms. The van der Waals surface area contributed by atoms with E-state index in [1.165, 1.54) is 0 Å². The fraction of sp³-hybridized carbons (Fsp3) is 0.900. The van der Waals surface area contributed by atoms with E-state index in [1.54, 1.807) is 0 Å². The number of rotatable bonds is 6. The van der Waals surface area contributed by atoms with Gasteiger partial charge >= 0.3 is 5.97 Å². The number of carbonyl (C=O) groups is 1. The second kappa shape index (κ2) is 4.91. The fourth-order valence-electron chi connectivity index (χ4n) is 2.06. The van der Waals surface area contributed by atoms with Crippen LogP contribution in [0.3, 0.4) is 0 Å².